The van der Waals surface area contributed by atoms with Crippen LogP contribution in [0.4, 0.5) is 21.5 Å². The van der Waals surface area contributed by atoms with E-state index in [1.807, 2.05) is 6.07 Å². The fourth-order valence-corrected chi connectivity index (χ4v) is 1.64. The van der Waals surface area contributed by atoms with Crippen molar-refractivity contribution in [3.8, 4) is 0 Å². The molecule has 0 aliphatic heterocycles. The molecule has 0 bridgehead atoms. The number of anilines is 3. The summed E-state index contributed by atoms with van der Waals surface area (Å²) < 4.78 is 13.8. The maximum absolute atomic E-state index is 13.0. The summed E-state index contributed by atoms with van der Waals surface area (Å²) in [4.78, 5) is 3.99. The second-order valence-electron chi connectivity index (χ2n) is 3.25. The Bertz CT molecular complexity index is 516. The van der Waals surface area contributed by atoms with Gasteiger partial charge in [-0.05, 0) is 40.2 Å². The van der Waals surface area contributed by atoms with Gasteiger partial charge in [-0.25, -0.2) is 4.39 Å². The summed E-state index contributed by atoms with van der Waals surface area (Å²) >= 11 is 3.30. The van der Waals surface area contributed by atoms with E-state index in [4.69, 9.17) is 5.73 Å². The van der Waals surface area contributed by atoms with Gasteiger partial charge in [-0.15, -0.1) is 0 Å². The van der Waals surface area contributed by atoms with Crippen LogP contribution in [0.25, 0.3) is 0 Å². The lowest BCUT2D eigenvalue weighted by molar-refractivity contribution is 0.628. The minimum absolute atomic E-state index is 0.334. The van der Waals surface area contributed by atoms with E-state index < -0.39 is 0 Å². The molecule has 1 aromatic carbocycles. The predicted octanol–water partition coefficient (Wildman–Crippen LogP) is 3.31. The first-order chi connectivity index (χ1) is 7.65. The van der Waals surface area contributed by atoms with Gasteiger partial charge in [0.1, 0.15) is 5.82 Å². The largest absolute Gasteiger partial charge is 0.397 e. The molecule has 0 aliphatic carbocycles. The van der Waals surface area contributed by atoms with Gasteiger partial charge in [0.25, 0.3) is 0 Å². The van der Waals surface area contributed by atoms with Crippen molar-refractivity contribution in [1.82, 2.24) is 4.98 Å². The molecular weight excluding hydrogens is 273 g/mol. The molecule has 1 heterocycles. The van der Waals surface area contributed by atoms with Gasteiger partial charge in [-0.2, -0.15) is 0 Å². The fourth-order valence-electron chi connectivity index (χ4n) is 1.27. The summed E-state index contributed by atoms with van der Waals surface area (Å²) in [5.41, 5.74) is 7.47. The van der Waals surface area contributed by atoms with Crippen LogP contribution in [0.15, 0.2) is 41.1 Å². The zero-order valence-electron chi connectivity index (χ0n) is 8.24. The third kappa shape index (κ3) is 2.49. The number of hydrogen-bond acceptors (Lipinski definition) is 3. The van der Waals surface area contributed by atoms with Crippen LogP contribution < -0.4 is 11.1 Å². The van der Waals surface area contributed by atoms with Crippen molar-refractivity contribution in [2.75, 3.05) is 11.1 Å². The smallest absolute Gasteiger partial charge is 0.125 e. The van der Waals surface area contributed by atoms with Crippen LogP contribution in [0.3, 0.4) is 0 Å². The number of nitrogens with zero attached hydrogens (tertiary/aromatic N) is 1. The summed E-state index contributed by atoms with van der Waals surface area (Å²) in [5, 5.41) is 3.00. The summed E-state index contributed by atoms with van der Waals surface area (Å²) in [6, 6.07) is 6.01. The Labute approximate surface area is 101 Å². The van der Waals surface area contributed by atoms with E-state index in [2.05, 4.69) is 26.2 Å². The number of rotatable bonds is 2. The van der Waals surface area contributed by atoms with Gasteiger partial charge in [-0.1, -0.05) is 0 Å². The Morgan fingerprint density at radius 2 is 2.06 bits per heavy atom. The molecule has 16 heavy (non-hydrogen) atoms. The molecule has 0 aliphatic rings. The highest BCUT2D eigenvalue weighted by Gasteiger charge is 2.02. The molecule has 0 unspecified atom stereocenters. The third-order valence-corrected chi connectivity index (χ3v) is 2.43. The Morgan fingerprint density at radius 3 is 2.81 bits per heavy atom. The van der Waals surface area contributed by atoms with E-state index >= 15 is 0 Å². The highest BCUT2D eigenvalue weighted by molar-refractivity contribution is 9.10. The Kier molecular flexibility index (Phi) is 3.05. The lowest BCUT2D eigenvalue weighted by Gasteiger charge is -2.09. The van der Waals surface area contributed by atoms with Gasteiger partial charge in [0.15, 0.2) is 0 Å². The Balaban J connectivity index is 2.30. The zero-order chi connectivity index (χ0) is 11.5. The van der Waals surface area contributed by atoms with Crippen molar-refractivity contribution < 1.29 is 4.39 Å². The van der Waals surface area contributed by atoms with Crippen LogP contribution in [-0.4, -0.2) is 4.98 Å². The number of nitrogens with one attached hydrogen (secondary N) is 1. The summed E-state index contributed by atoms with van der Waals surface area (Å²) in [6.45, 7) is 0. The lowest BCUT2D eigenvalue weighted by atomic mass is 10.2. The van der Waals surface area contributed by atoms with E-state index in [9.17, 15) is 4.39 Å². The normalized spacial score (nSPS) is 10.1. The summed E-state index contributed by atoms with van der Waals surface area (Å²) in [5.74, 6) is -0.334. The Hall–Kier alpha value is -1.62. The molecule has 0 atom stereocenters. The van der Waals surface area contributed by atoms with Gasteiger partial charge in [0, 0.05) is 10.7 Å². The van der Waals surface area contributed by atoms with E-state index in [0.29, 0.717) is 11.4 Å². The van der Waals surface area contributed by atoms with Crippen molar-refractivity contribution in [2.45, 2.75) is 0 Å². The summed E-state index contributed by atoms with van der Waals surface area (Å²) in [6.07, 6.45) is 3.30. The van der Waals surface area contributed by atoms with Crippen molar-refractivity contribution in [2.24, 2.45) is 0 Å². The molecule has 5 heteroatoms. The number of pyridine rings is 1. The van der Waals surface area contributed by atoms with Gasteiger partial charge in [0.2, 0.25) is 0 Å². The SMILES string of the molecule is Nc1ccc(F)cc1Nc1cncc(Br)c1. The molecule has 2 rings (SSSR count). The second kappa shape index (κ2) is 4.49. The highest BCUT2D eigenvalue weighted by atomic mass is 79.9. The van der Waals surface area contributed by atoms with Crippen molar-refractivity contribution in [3.05, 3.63) is 46.9 Å². The second-order valence-corrected chi connectivity index (χ2v) is 4.16. The number of nitrogens with two attached hydrogens (primary N) is 1. The number of nitrogen functional groups attached to an aromatic ring is 1. The average Bonchev–Trinajstić information content (AvgIpc) is 2.24. The van der Waals surface area contributed by atoms with Crippen LogP contribution in [-0.2, 0) is 0 Å². The maximum Gasteiger partial charge on any atom is 0.125 e. The zero-order valence-corrected chi connectivity index (χ0v) is 9.83. The molecule has 82 valence electrons. The molecule has 1 aromatic heterocycles. The molecule has 0 saturated heterocycles. The van der Waals surface area contributed by atoms with Gasteiger partial charge >= 0.3 is 0 Å². The van der Waals surface area contributed by atoms with E-state index in [0.717, 1.165) is 10.2 Å². The molecule has 0 radical (unpaired) electrons. The topological polar surface area (TPSA) is 50.9 Å². The van der Waals surface area contributed by atoms with Gasteiger partial charge in [-0.3, -0.25) is 4.98 Å². The van der Waals surface area contributed by atoms with Crippen LogP contribution >= 0.6 is 15.9 Å². The number of hydrogen-bond donors (Lipinski definition) is 2. The third-order valence-electron chi connectivity index (χ3n) is 2.00. The fraction of sp³-hybridized carbons (Fsp3) is 0. The first-order valence-corrected chi connectivity index (χ1v) is 5.37. The predicted molar refractivity (Wildman–Crippen MR) is 66.0 cm³/mol. The van der Waals surface area contributed by atoms with Crippen molar-refractivity contribution >= 4 is 33.0 Å². The molecule has 0 saturated carbocycles. The van der Waals surface area contributed by atoms with E-state index in [-0.39, 0.29) is 5.82 Å². The molecule has 0 spiro atoms. The minimum atomic E-state index is -0.334. The average molecular weight is 282 g/mol. The number of halogens is 2. The molecule has 0 amide bonds. The standard InChI is InChI=1S/C11H9BrFN3/c12-7-3-9(6-15-5-7)16-11-4-8(13)1-2-10(11)14/h1-6,16H,14H2. The minimum Gasteiger partial charge on any atom is -0.397 e. The van der Waals surface area contributed by atoms with Crippen LogP contribution in [0.1, 0.15) is 0 Å². The molecule has 3 nitrogen and oxygen atoms in total. The molecule has 2 aromatic rings. The maximum atomic E-state index is 13.0. The Morgan fingerprint density at radius 1 is 1.25 bits per heavy atom. The van der Waals surface area contributed by atoms with Crippen LogP contribution in [0, 0.1) is 5.82 Å². The molecule has 0 fully saturated rings. The molecular formula is C11H9BrFN3. The van der Waals surface area contributed by atoms with E-state index in [1.165, 1.54) is 18.2 Å². The number of benzene rings is 1. The van der Waals surface area contributed by atoms with Gasteiger partial charge < -0.3 is 11.1 Å². The highest BCUT2D eigenvalue weighted by Crippen LogP contribution is 2.24. The molecule has 3 N–H and O–H groups in total. The first-order valence-electron chi connectivity index (χ1n) is 4.58. The lowest BCUT2D eigenvalue weighted by Crippen LogP contribution is -1.97. The quantitative estimate of drug-likeness (QED) is 0.831. The van der Waals surface area contributed by atoms with Crippen molar-refractivity contribution in [3.63, 3.8) is 0 Å². The van der Waals surface area contributed by atoms with Crippen molar-refractivity contribution in [1.29, 1.82) is 0 Å². The van der Waals surface area contributed by atoms with Gasteiger partial charge in [0.05, 0.1) is 23.3 Å². The van der Waals surface area contributed by atoms with Crippen LogP contribution in [0.2, 0.25) is 0 Å². The number of aromatic nitrogens is 1. The van der Waals surface area contributed by atoms with E-state index in [1.54, 1.807) is 12.4 Å². The monoisotopic (exact) mass is 281 g/mol. The summed E-state index contributed by atoms with van der Waals surface area (Å²) in [7, 11) is 0. The van der Waals surface area contributed by atoms with Crippen LogP contribution in [0.5, 0.6) is 0 Å². The first kappa shape index (κ1) is 10.9.